The van der Waals surface area contributed by atoms with Gasteiger partial charge in [0.2, 0.25) is 0 Å². The maximum Gasteiger partial charge on any atom is 0.429 e. The van der Waals surface area contributed by atoms with Crippen molar-refractivity contribution in [2.24, 2.45) is 0 Å². The molecule has 0 aromatic heterocycles. The number of carbonyl (C=O) groups is 2. The second-order valence-corrected chi connectivity index (χ2v) is 9.36. The summed E-state index contributed by atoms with van der Waals surface area (Å²) in [5.41, 5.74) is 0.935. The highest BCUT2D eigenvalue weighted by Crippen LogP contribution is 2.37. The van der Waals surface area contributed by atoms with Gasteiger partial charge in [-0.15, -0.1) is 0 Å². The Bertz CT molecular complexity index is 842. The van der Waals surface area contributed by atoms with Crippen LogP contribution in [0.1, 0.15) is 47.1 Å². The second-order valence-electron chi connectivity index (χ2n) is 9.36. The van der Waals surface area contributed by atoms with E-state index < -0.39 is 36.2 Å². The van der Waals surface area contributed by atoms with Crippen LogP contribution in [-0.4, -0.2) is 78.7 Å². The van der Waals surface area contributed by atoms with Gasteiger partial charge in [-0.3, -0.25) is 0 Å². The topological polar surface area (TPSA) is 96.0 Å². The minimum atomic E-state index is -0.880. The van der Waals surface area contributed by atoms with Crippen LogP contribution in [0, 0.1) is 0 Å². The van der Waals surface area contributed by atoms with E-state index in [0.29, 0.717) is 6.61 Å². The summed E-state index contributed by atoms with van der Waals surface area (Å²) in [5, 5.41) is 2.49. The van der Waals surface area contributed by atoms with Crippen LogP contribution in [0.3, 0.4) is 0 Å². The Morgan fingerprint density at radius 3 is 2.24 bits per heavy atom. The normalized spacial score (nSPS) is 23.7. The molecule has 0 N–H and O–H groups in total. The van der Waals surface area contributed by atoms with Crippen molar-refractivity contribution in [2.75, 3.05) is 20.3 Å². The van der Waals surface area contributed by atoms with Gasteiger partial charge in [-0.1, -0.05) is 12.1 Å². The Morgan fingerprint density at radius 1 is 1.03 bits per heavy atom. The van der Waals surface area contributed by atoms with Crippen molar-refractivity contribution in [1.82, 2.24) is 10.0 Å². The van der Waals surface area contributed by atoms with Gasteiger partial charge in [0.25, 0.3) is 0 Å². The summed E-state index contributed by atoms with van der Waals surface area (Å²) < 4.78 is 34.3. The molecule has 2 aliphatic rings. The molecular formula is C24H36N2O8. The Balaban J connectivity index is 1.85. The van der Waals surface area contributed by atoms with Crippen molar-refractivity contribution in [3.8, 4) is 5.75 Å². The first-order chi connectivity index (χ1) is 16.0. The minimum absolute atomic E-state index is 0.0851. The fourth-order valence-electron chi connectivity index (χ4n) is 4.01. The monoisotopic (exact) mass is 480 g/mol. The molecule has 2 aliphatic heterocycles. The van der Waals surface area contributed by atoms with E-state index in [2.05, 4.69) is 0 Å². The summed E-state index contributed by atoms with van der Waals surface area (Å²) in [6.45, 7) is 11.1. The highest BCUT2D eigenvalue weighted by atomic mass is 16.8. The first-order valence-corrected chi connectivity index (χ1v) is 11.5. The zero-order valence-electron chi connectivity index (χ0n) is 21.0. The molecule has 1 unspecified atom stereocenters. The number of nitrogens with zero attached hydrogens (tertiary/aromatic N) is 2. The average Bonchev–Trinajstić information content (AvgIpc) is 3.06. The van der Waals surface area contributed by atoms with Gasteiger partial charge >= 0.3 is 12.2 Å². The predicted molar refractivity (Wildman–Crippen MR) is 122 cm³/mol. The maximum absolute atomic E-state index is 13.2. The molecule has 0 saturated carbocycles. The molecule has 190 valence electrons. The highest BCUT2D eigenvalue weighted by molar-refractivity contribution is 5.75. The van der Waals surface area contributed by atoms with Crippen LogP contribution in [0.4, 0.5) is 9.59 Å². The van der Waals surface area contributed by atoms with Crippen molar-refractivity contribution in [3.05, 3.63) is 29.8 Å². The number of rotatable bonds is 7. The number of fused-ring (bicyclic) bond motifs is 1. The summed E-state index contributed by atoms with van der Waals surface area (Å²) in [6, 6.07) is 6.82. The quantitative estimate of drug-likeness (QED) is 0.583. The lowest BCUT2D eigenvalue weighted by atomic mass is 10.0. The third-order valence-corrected chi connectivity index (χ3v) is 5.32. The van der Waals surface area contributed by atoms with Crippen molar-refractivity contribution in [1.29, 1.82) is 0 Å². The number of amides is 2. The van der Waals surface area contributed by atoms with Gasteiger partial charge in [0.15, 0.2) is 5.79 Å². The van der Waals surface area contributed by atoms with Gasteiger partial charge in [0.05, 0.1) is 39.1 Å². The van der Waals surface area contributed by atoms with Crippen LogP contribution in [0.25, 0.3) is 0 Å². The molecule has 34 heavy (non-hydrogen) atoms. The molecule has 0 spiro atoms. The average molecular weight is 481 g/mol. The Hall–Kier alpha value is -2.56. The van der Waals surface area contributed by atoms with Crippen LogP contribution in [0.15, 0.2) is 24.3 Å². The molecule has 0 aliphatic carbocycles. The first-order valence-electron chi connectivity index (χ1n) is 11.5. The minimum Gasteiger partial charge on any atom is -0.497 e. The fourth-order valence-corrected chi connectivity index (χ4v) is 4.01. The van der Waals surface area contributed by atoms with Crippen molar-refractivity contribution in [3.63, 3.8) is 0 Å². The SMILES string of the molecule is COc1ccc(COCC2[C@H]3OC(C)(C)O[C@@H]3CN(C(=O)OC(C)C)N2C(=O)OC(C)C)cc1. The lowest BCUT2D eigenvalue weighted by Crippen LogP contribution is -2.68. The van der Waals surface area contributed by atoms with E-state index in [1.54, 1.807) is 48.7 Å². The van der Waals surface area contributed by atoms with Gasteiger partial charge in [0, 0.05) is 0 Å². The van der Waals surface area contributed by atoms with Crippen LogP contribution < -0.4 is 4.74 Å². The van der Waals surface area contributed by atoms with Gasteiger partial charge in [-0.05, 0) is 59.2 Å². The molecule has 2 fully saturated rings. The standard InChI is InChI=1S/C24H36N2O8/c1-15(2)31-22(27)25-12-20-21(34-24(5,6)33-20)19(26(25)23(28)32-16(3)4)14-30-13-17-8-10-18(29-7)11-9-17/h8-11,15-16,19-21H,12-14H2,1-7H3/t19?,20-,21-/m1/s1. The molecule has 3 atom stereocenters. The molecular weight excluding hydrogens is 444 g/mol. The summed E-state index contributed by atoms with van der Waals surface area (Å²) >= 11 is 0. The van der Waals surface area contributed by atoms with Crippen molar-refractivity contribution >= 4 is 12.2 Å². The third kappa shape index (κ3) is 6.31. The van der Waals surface area contributed by atoms with Gasteiger partial charge in [0.1, 0.15) is 24.0 Å². The Kier molecular flexibility index (Phi) is 8.27. The predicted octanol–water partition coefficient (Wildman–Crippen LogP) is 3.72. The van der Waals surface area contributed by atoms with Crippen molar-refractivity contribution < 1.29 is 38.0 Å². The van der Waals surface area contributed by atoms with Gasteiger partial charge in [-0.2, -0.15) is 0 Å². The Labute approximate surface area is 200 Å². The molecule has 1 aromatic carbocycles. The zero-order valence-corrected chi connectivity index (χ0v) is 21.0. The van der Waals surface area contributed by atoms with Gasteiger partial charge < -0.3 is 28.4 Å². The summed E-state index contributed by atoms with van der Waals surface area (Å²) in [7, 11) is 1.61. The Morgan fingerprint density at radius 2 is 1.65 bits per heavy atom. The van der Waals surface area contributed by atoms with Gasteiger partial charge in [-0.25, -0.2) is 19.6 Å². The highest BCUT2D eigenvalue weighted by Gasteiger charge is 2.55. The van der Waals surface area contributed by atoms with Crippen LogP contribution in [-0.2, 0) is 30.3 Å². The van der Waals surface area contributed by atoms with E-state index in [1.165, 1.54) is 10.0 Å². The largest absolute Gasteiger partial charge is 0.497 e. The summed E-state index contributed by atoms with van der Waals surface area (Å²) in [6.07, 6.45) is -3.08. The maximum atomic E-state index is 13.2. The van der Waals surface area contributed by atoms with Crippen molar-refractivity contribution in [2.45, 2.75) is 84.4 Å². The van der Waals surface area contributed by atoms with E-state index >= 15 is 0 Å². The zero-order chi connectivity index (χ0) is 25.0. The number of hydrogen-bond acceptors (Lipinski definition) is 8. The number of benzene rings is 1. The first kappa shape index (κ1) is 26.1. The lowest BCUT2D eigenvalue weighted by molar-refractivity contribution is -0.156. The van der Waals surface area contributed by atoms with Crippen LogP contribution in [0.5, 0.6) is 5.75 Å². The molecule has 2 saturated heterocycles. The van der Waals surface area contributed by atoms with E-state index in [4.69, 9.17) is 28.4 Å². The molecule has 3 rings (SSSR count). The number of hydrogen-bond donors (Lipinski definition) is 0. The molecule has 10 heteroatoms. The fraction of sp³-hybridized carbons (Fsp3) is 0.667. The molecule has 10 nitrogen and oxygen atoms in total. The van der Waals surface area contributed by atoms with E-state index in [-0.39, 0.29) is 25.4 Å². The molecule has 2 heterocycles. The van der Waals surface area contributed by atoms with E-state index in [9.17, 15) is 9.59 Å². The number of methoxy groups -OCH3 is 1. The number of carbonyl (C=O) groups excluding carboxylic acids is 2. The lowest BCUT2D eigenvalue weighted by Gasteiger charge is -2.46. The molecule has 1 aromatic rings. The second kappa shape index (κ2) is 10.8. The summed E-state index contributed by atoms with van der Waals surface area (Å²) in [5.74, 6) is -0.130. The van der Waals surface area contributed by atoms with Crippen LogP contribution in [0.2, 0.25) is 0 Å². The smallest absolute Gasteiger partial charge is 0.429 e. The third-order valence-electron chi connectivity index (χ3n) is 5.32. The van der Waals surface area contributed by atoms with Crippen LogP contribution >= 0.6 is 0 Å². The van der Waals surface area contributed by atoms with E-state index in [1.807, 2.05) is 24.3 Å². The van der Waals surface area contributed by atoms with E-state index in [0.717, 1.165) is 11.3 Å². The molecule has 0 radical (unpaired) electrons. The molecule has 2 amide bonds. The molecule has 0 bridgehead atoms. The number of ether oxygens (including phenoxy) is 6. The summed E-state index contributed by atoms with van der Waals surface area (Å²) in [4.78, 5) is 26.1. The number of hydrazine groups is 1.